The fourth-order valence-electron chi connectivity index (χ4n) is 2.89. The number of nitrogens with one attached hydrogen (secondary N) is 1. The third kappa shape index (κ3) is 4.12. The van der Waals surface area contributed by atoms with Crippen molar-refractivity contribution in [3.63, 3.8) is 0 Å². The summed E-state index contributed by atoms with van der Waals surface area (Å²) in [5.74, 6) is 0.907. The van der Waals surface area contributed by atoms with Crippen LogP contribution in [0.1, 0.15) is 36.5 Å². The summed E-state index contributed by atoms with van der Waals surface area (Å²) in [5, 5.41) is 10.8. The van der Waals surface area contributed by atoms with Crippen LogP contribution in [0.3, 0.4) is 0 Å². The molecule has 2 aromatic rings. The van der Waals surface area contributed by atoms with Crippen LogP contribution in [-0.2, 0) is 37.0 Å². The van der Waals surface area contributed by atoms with Crippen molar-refractivity contribution < 1.29 is 18.0 Å². The van der Waals surface area contributed by atoms with Crippen LogP contribution in [0.15, 0.2) is 23.1 Å². The molecule has 1 N–H and O–H groups in total. The summed E-state index contributed by atoms with van der Waals surface area (Å²) >= 11 is 0. The molecule has 0 spiro atoms. The van der Waals surface area contributed by atoms with E-state index in [0.717, 1.165) is 48.7 Å². The highest BCUT2D eigenvalue weighted by Crippen LogP contribution is 2.27. The highest BCUT2D eigenvalue weighted by molar-refractivity contribution is 5.75. The van der Waals surface area contributed by atoms with E-state index in [1.54, 1.807) is 0 Å². The number of hydrogen-bond acceptors (Lipinski definition) is 4. The molecule has 3 heterocycles. The van der Waals surface area contributed by atoms with Gasteiger partial charge in [0.25, 0.3) is 5.56 Å². The number of aryl methyl sites for hydroxylation is 1. The Labute approximate surface area is 146 Å². The van der Waals surface area contributed by atoms with Gasteiger partial charge in [-0.2, -0.15) is 13.2 Å². The quantitative estimate of drug-likeness (QED) is 0.886. The highest BCUT2D eigenvalue weighted by Gasteiger charge is 2.31. The second-order valence-electron chi connectivity index (χ2n) is 6.15. The maximum atomic E-state index is 12.7. The summed E-state index contributed by atoms with van der Waals surface area (Å²) in [6, 6.07) is 1.50. The Morgan fingerprint density at radius 3 is 2.77 bits per heavy atom. The third-order valence-electron chi connectivity index (χ3n) is 4.25. The molecule has 0 unspecified atom stereocenters. The number of hydrogen-bond donors (Lipinski definition) is 1. The van der Waals surface area contributed by atoms with Crippen LogP contribution >= 0.6 is 0 Å². The normalized spacial score (nSPS) is 14.6. The van der Waals surface area contributed by atoms with Gasteiger partial charge in [0.1, 0.15) is 12.4 Å². The molecule has 26 heavy (non-hydrogen) atoms. The molecule has 0 fully saturated rings. The van der Waals surface area contributed by atoms with Gasteiger partial charge in [-0.25, -0.2) is 0 Å². The zero-order chi connectivity index (χ0) is 18.7. The van der Waals surface area contributed by atoms with Crippen LogP contribution < -0.4 is 10.9 Å². The van der Waals surface area contributed by atoms with E-state index in [-0.39, 0.29) is 6.54 Å². The highest BCUT2D eigenvalue weighted by atomic mass is 19.4. The molecule has 10 heteroatoms. The summed E-state index contributed by atoms with van der Waals surface area (Å²) < 4.78 is 40.9. The second kappa shape index (κ2) is 7.30. The Balaban J connectivity index is 1.65. The largest absolute Gasteiger partial charge is 0.417 e. The minimum Gasteiger partial charge on any atom is -0.347 e. The van der Waals surface area contributed by atoms with Crippen molar-refractivity contribution in [3.8, 4) is 0 Å². The first kappa shape index (κ1) is 18.2. The lowest BCUT2D eigenvalue weighted by atomic mass is 10.2. The van der Waals surface area contributed by atoms with Crippen molar-refractivity contribution in [1.82, 2.24) is 24.6 Å². The predicted molar refractivity (Wildman–Crippen MR) is 85.1 cm³/mol. The molecular weight excluding hydrogens is 351 g/mol. The minimum atomic E-state index is -4.58. The van der Waals surface area contributed by atoms with Gasteiger partial charge in [0, 0.05) is 25.2 Å². The van der Waals surface area contributed by atoms with Crippen molar-refractivity contribution in [2.24, 2.45) is 0 Å². The van der Waals surface area contributed by atoms with Crippen LogP contribution in [0, 0.1) is 0 Å². The van der Waals surface area contributed by atoms with Crippen molar-refractivity contribution in [2.75, 3.05) is 0 Å². The minimum absolute atomic E-state index is 0.111. The molecule has 1 aliphatic heterocycles. The smallest absolute Gasteiger partial charge is 0.347 e. The summed E-state index contributed by atoms with van der Waals surface area (Å²) in [4.78, 5) is 23.7. The second-order valence-corrected chi connectivity index (χ2v) is 6.15. The summed E-state index contributed by atoms with van der Waals surface area (Å²) in [5.41, 5.74) is -1.66. The topological polar surface area (TPSA) is 81.8 Å². The van der Waals surface area contributed by atoms with Gasteiger partial charge in [-0.3, -0.25) is 9.59 Å². The summed E-state index contributed by atoms with van der Waals surface area (Å²) in [6.45, 7) is 0.393. The number of nitrogens with zero attached hydrogens (tertiary/aromatic N) is 4. The maximum absolute atomic E-state index is 12.7. The fraction of sp³-hybridized carbons (Fsp3) is 0.500. The van der Waals surface area contributed by atoms with E-state index in [1.807, 2.05) is 4.57 Å². The van der Waals surface area contributed by atoms with E-state index in [2.05, 4.69) is 15.5 Å². The van der Waals surface area contributed by atoms with Crippen LogP contribution in [0.25, 0.3) is 0 Å². The van der Waals surface area contributed by atoms with Crippen molar-refractivity contribution in [2.45, 2.75) is 51.5 Å². The number of aromatic nitrogens is 4. The van der Waals surface area contributed by atoms with E-state index < -0.39 is 29.8 Å². The molecule has 2 aromatic heterocycles. The van der Waals surface area contributed by atoms with Gasteiger partial charge in [0.2, 0.25) is 5.91 Å². The SMILES string of the molecule is O=C(Cn1cc(C(F)(F)F)ccc1=O)NCc1nnc2n1CCCCC2. The Bertz CT molecular complexity index is 856. The number of alkyl halides is 3. The van der Waals surface area contributed by atoms with Crippen LogP contribution in [0.2, 0.25) is 0 Å². The van der Waals surface area contributed by atoms with Gasteiger partial charge in [-0.05, 0) is 18.9 Å². The molecule has 0 saturated carbocycles. The van der Waals surface area contributed by atoms with Gasteiger partial charge in [-0.1, -0.05) is 6.42 Å². The first-order valence-electron chi connectivity index (χ1n) is 8.30. The molecule has 140 valence electrons. The molecule has 0 atom stereocenters. The monoisotopic (exact) mass is 369 g/mol. The van der Waals surface area contributed by atoms with Crippen LogP contribution in [-0.4, -0.2) is 25.2 Å². The lowest BCUT2D eigenvalue weighted by molar-refractivity contribution is -0.138. The Kier molecular flexibility index (Phi) is 5.10. The number of fused-ring (bicyclic) bond motifs is 1. The van der Waals surface area contributed by atoms with E-state index in [9.17, 15) is 22.8 Å². The number of rotatable bonds is 4. The number of amides is 1. The zero-order valence-electron chi connectivity index (χ0n) is 13.9. The van der Waals surface area contributed by atoms with Crippen LogP contribution in [0.5, 0.6) is 0 Å². The van der Waals surface area contributed by atoms with Crippen molar-refractivity contribution >= 4 is 5.91 Å². The molecule has 0 bridgehead atoms. The molecular formula is C16H18F3N5O2. The predicted octanol–water partition coefficient (Wildman–Crippen LogP) is 1.50. The Morgan fingerprint density at radius 1 is 1.19 bits per heavy atom. The molecule has 0 aliphatic carbocycles. The molecule has 1 amide bonds. The number of halogens is 3. The number of carbonyl (C=O) groups excluding carboxylic acids is 1. The number of pyridine rings is 1. The van der Waals surface area contributed by atoms with E-state index in [0.29, 0.717) is 18.1 Å². The third-order valence-corrected chi connectivity index (χ3v) is 4.25. The lowest BCUT2D eigenvalue weighted by Crippen LogP contribution is -2.33. The average molecular weight is 369 g/mol. The maximum Gasteiger partial charge on any atom is 0.417 e. The van der Waals surface area contributed by atoms with Crippen molar-refractivity contribution in [3.05, 3.63) is 45.9 Å². The Morgan fingerprint density at radius 2 is 2.00 bits per heavy atom. The van der Waals surface area contributed by atoms with E-state index >= 15 is 0 Å². The van der Waals surface area contributed by atoms with Gasteiger partial charge < -0.3 is 14.5 Å². The van der Waals surface area contributed by atoms with E-state index in [4.69, 9.17) is 0 Å². The van der Waals surface area contributed by atoms with Gasteiger partial charge >= 0.3 is 6.18 Å². The first-order chi connectivity index (χ1) is 12.3. The van der Waals surface area contributed by atoms with E-state index in [1.165, 1.54) is 0 Å². The molecule has 0 saturated heterocycles. The fourth-order valence-corrected chi connectivity index (χ4v) is 2.89. The Hall–Kier alpha value is -2.65. The number of carbonyl (C=O) groups is 1. The van der Waals surface area contributed by atoms with Gasteiger partial charge in [-0.15, -0.1) is 10.2 Å². The standard InChI is InChI=1S/C16H18F3N5O2/c17-16(18,19)11-5-6-15(26)23(9-11)10-14(25)20-8-13-22-21-12-4-2-1-3-7-24(12)13/h5-6,9H,1-4,7-8,10H2,(H,20,25). The summed E-state index contributed by atoms with van der Waals surface area (Å²) in [6.07, 6.45) is 0.0544. The zero-order valence-corrected chi connectivity index (χ0v) is 13.9. The molecule has 0 radical (unpaired) electrons. The molecule has 1 aliphatic rings. The first-order valence-corrected chi connectivity index (χ1v) is 8.30. The molecule has 3 rings (SSSR count). The van der Waals surface area contributed by atoms with Crippen LogP contribution in [0.4, 0.5) is 13.2 Å². The lowest BCUT2D eigenvalue weighted by Gasteiger charge is -2.11. The molecule has 7 nitrogen and oxygen atoms in total. The van der Waals surface area contributed by atoms with Gasteiger partial charge in [0.05, 0.1) is 12.1 Å². The summed E-state index contributed by atoms with van der Waals surface area (Å²) in [7, 11) is 0. The molecule has 0 aromatic carbocycles. The average Bonchev–Trinajstić information content (AvgIpc) is 2.80. The van der Waals surface area contributed by atoms with Crippen molar-refractivity contribution in [1.29, 1.82) is 0 Å². The van der Waals surface area contributed by atoms with Gasteiger partial charge in [0.15, 0.2) is 5.82 Å².